The topological polar surface area (TPSA) is 128 Å². The Morgan fingerprint density at radius 3 is 2.58 bits per heavy atom. The predicted octanol–water partition coefficient (Wildman–Crippen LogP) is -0.885. The number of esters is 1. The molecule has 3 saturated heterocycles. The summed E-state index contributed by atoms with van der Waals surface area (Å²) in [4.78, 5) is 39.0. The lowest BCUT2D eigenvalue weighted by Gasteiger charge is -2.54. The predicted molar refractivity (Wildman–Crippen MR) is 134 cm³/mol. The van der Waals surface area contributed by atoms with Crippen LogP contribution in [0.25, 0.3) is 6.08 Å². The van der Waals surface area contributed by atoms with Gasteiger partial charge in [-0.1, -0.05) is 48.6 Å². The number of nitrogens with two attached hydrogens (primary N) is 1. The van der Waals surface area contributed by atoms with Crippen molar-refractivity contribution in [1.82, 2.24) is 15.0 Å². The molecule has 198 valence electrons. The second kappa shape index (κ2) is 10.2. The lowest BCUT2D eigenvalue weighted by Crippen LogP contribution is -3.00. The first-order valence-electron chi connectivity index (χ1n) is 12.8. The number of hydrogen-bond acceptors (Lipinski definition) is 7. The summed E-state index contributed by atoms with van der Waals surface area (Å²) in [6.07, 6.45) is 13.2. The van der Waals surface area contributed by atoms with Gasteiger partial charge in [0, 0.05) is 29.9 Å². The number of carbonyl (C=O) groups is 2. The molecule has 2 aromatic rings. The number of allylic oxidation sites excluding steroid dienone is 3. The van der Waals surface area contributed by atoms with Crippen molar-refractivity contribution in [3.63, 3.8) is 0 Å². The molecule has 3 N–H and O–H groups in total. The molecular formula is C28H30BrN5O4. The van der Waals surface area contributed by atoms with Crippen molar-refractivity contribution in [2.24, 2.45) is 11.7 Å². The Kier molecular flexibility index (Phi) is 7.06. The molecule has 10 heteroatoms. The highest BCUT2D eigenvalue weighted by Gasteiger charge is 2.56. The van der Waals surface area contributed by atoms with Crippen molar-refractivity contribution in [1.29, 1.82) is 0 Å². The summed E-state index contributed by atoms with van der Waals surface area (Å²) in [5, 5.41) is 12.2. The van der Waals surface area contributed by atoms with Crippen molar-refractivity contribution in [2.45, 2.75) is 43.4 Å². The SMILES string of the molecule is NC(=O)C(c1ncncn1)[N+]12CCC(CC1)[C@@H](OC(=O)C1(O)C3=C(C=Cc4ccccc41)CCC=C3)C2.[Br-]. The van der Waals surface area contributed by atoms with Gasteiger partial charge in [0.2, 0.25) is 11.6 Å². The van der Waals surface area contributed by atoms with Gasteiger partial charge in [0.15, 0.2) is 11.9 Å². The molecular weight excluding hydrogens is 550 g/mol. The van der Waals surface area contributed by atoms with Crippen molar-refractivity contribution in [3.8, 4) is 0 Å². The number of hydrogen-bond donors (Lipinski definition) is 2. The van der Waals surface area contributed by atoms with E-state index in [1.807, 2.05) is 42.5 Å². The maximum Gasteiger partial charge on any atom is 0.348 e. The van der Waals surface area contributed by atoms with Gasteiger partial charge in [0.25, 0.3) is 5.91 Å². The number of quaternary nitrogens is 1. The highest BCUT2D eigenvalue weighted by Crippen LogP contribution is 2.45. The zero-order valence-electron chi connectivity index (χ0n) is 20.9. The van der Waals surface area contributed by atoms with Crippen LogP contribution in [0.1, 0.15) is 48.7 Å². The number of aliphatic hydroxyl groups is 1. The van der Waals surface area contributed by atoms with Gasteiger partial charge in [-0.15, -0.1) is 0 Å². The minimum Gasteiger partial charge on any atom is -1.00 e. The van der Waals surface area contributed by atoms with Crippen LogP contribution in [-0.4, -0.2) is 62.2 Å². The molecule has 3 atom stereocenters. The summed E-state index contributed by atoms with van der Waals surface area (Å²) in [6, 6.07) is 6.64. The van der Waals surface area contributed by atoms with E-state index >= 15 is 0 Å². The minimum atomic E-state index is -1.93. The lowest BCUT2D eigenvalue weighted by atomic mass is 9.79. The molecule has 2 bridgehead atoms. The van der Waals surface area contributed by atoms with Crippen molar-refractivity contribution in [2.75, 3.05) is 19.6 Å². The number of fused-ring (bicyclic) bond motifs is 4. The first-order chi connectivity index (χ1) is 17.9. The van der Waals surface area contributed by atoms with E-state index in [1.54, 1.807) is 6.07 Å². The van der Waals surface area contributed by atoms with E-state index in [0.717, 1.165) is 36.8 Å². The maximum absolute atomic E-state index is 14.0. The second-order valence-corrected chi connectivity index (χ2v) is 10.4. The minimum absolute atomic E-state index is 0. The van der Waals surface area contributed by atoms with Crippen LogP contribution >= 0.6 is 0 Å². The fraction of sp³-hybridized carbons (Fsp3) is 0.393. The van der Waals surface area contributed by atoms with Gasteiger partial charge in [-0.2, -0.15) is 0 Å². The van der Waals surface area contributed by atoms with Crippen LogP contribution in [0.5, 0.6) is 0 Å². The van der Waals surface area contributed by atoms with Crippen molar-refractivity contribution >= 4 is 18.0 Å². The number of aromatic nitrogens is 3. The molecule has 7 rings (SSSR count). The quantitative estimate of drug-likeness (QED) is 0.347. The number of benzene rings is 1. The highest BCUT2D eigenvalue weighted by molar-refractivity contribution is 5.89. The molecule has 1 aromatic carbocycles. The van der Waals surface area contributed by atoms with Gasteiger partial charge in [-0.3, -0.25) is 4.79 Å². The zero-order valence-corrected chi connectivity index (χ0v) is 22.5. The third-order valence-corrected chi connectivity index (χ3v) is 8.50. The lowest BCUT2D eigenvalue weighted by molar-refractivity contribution is -0.965. The Labute approximate surface area is 231 Å². The average molecular weight is 580 g/mol. The van der Waals surface area contributed by atoms with Crippen molar-refractivity contribution in [3.05, 3.63) is 83.2 Å². The highest BCUT2D eigenvalue weighted by atomic mass is 79.9. The number of carbonyl (C=O) groups excluding carboxylic acids is 2. The van der Waals surface area contributed by atoms with Crippen LogP contribution in [-0.2, 0) is 19.9 Å². The van der Waals surface area contributed by atoms with Crippen LogP contribution in [0, 0.1) is 5.92 Å². The fourth-order valence-electron chi connectivity index (χ4n) is 6.65. The molecule has 0 spiro atoms. The summed E-state index contributed by atoms with van der Waals surface area (Å²) in [6.45, 7) is 1.84. The van der Waals surface area contributed by atoms with Gasteiger partial charge < -0.3 is 37.0 Å². The largest absolute Gasteiger partial charge is 1.00 e. The number of ether oxygens (including phenoxy) is 1. The van der Waals surface area contributed by atoms with E-state index in [9.17, 15) is 14.7 Å². The normalized spacial score (nSPS) is 29.9. The molecule has 2 aliphatic carbocycles. The maximum atomic E-state index is 14.0. The van der Waals surface area contributed by atoms with Gasteiger partial charge >= 0.3 is 5.97 Å². The van der Waals surface area contributed by atoms with Gasteiger partial charge in [0.05, 0.1) is 13.1 Å². The standard InChI is InChI=1S/C28H29N5O4.BrH/c29-25(34)24(26-31-16-30-17-32-26)33-13-11-20(12-14-33)23(15-33)37-27(35)28(36)21-7-3-1-5-18(21)9-10-19-6-2-4-8-22(19)28;/h1,3-5,7-10,16-17,20,23-24,36H,2,6,11-15H2,(H-,29,34);1H/t20?,23-,24?,28?,33?;/m0./s1. The number of halogens is 1. The molecule has 9 nitrogen and oxygen atoms in total. The fourth-order valence-corrected chi connectivity index (χ4v) is 6.65. The molecule has 0 saturated carbocycles. The average Bonchev–Trinajstić information content (AvgIpc) is 3.05. The van der Waals surface area contributed by atoms with Crippen molar-refractivity contribution < 1.29 is 40.9 Å². The Bertz CT molecular complexity index is 1340. The Morgan fingerprint density at radius 2 is 1.84 bits per heavy atom. The van der Waals surface area contributed by atoms with E-state index in [4.69, 9.17) is 10.5 Å². The Balaban J connectivity index is 0.00000294. The van der Waals surface area contributed by atoms with E-state index < -0.39 is 29.6 Å². The summed E-state index contributed by atoms with van der Waals surface area (Å²) >= 11 is 0. The third-order valence-electron chi connectivity index (χ3n) is 8.50. The molecule has 0 radical (unpaired) electrons. The molecule has 4 heterocycles. The molecule has 5 aliphatic rings. The van der Waals surface area contributed by atoms with Gasteiger partial charge in [-0.25, -0.2) is 19.7 Å². The summed E-state index contributed by atoms with van der Waals surface area (Å²) in [5.41, 5.74) is 6.74. The first-order valence-corrected chi connectivity index (χ1v) is 12.8. The smallest absolute Gasteiger partial charge is 0.348 e. The third kappa shape index (κ3) is 4.20. The monoisotopic (exact) mass is 579 g/mol. The van der Waals surface area contributed by atoms with E-state index in [2.05, 4.69) is 15.0 Å². The number of piperidine rings is 3. The summed E-state index contributed by atoms with van der Waals surface area (Å²) in [7, 11) is 0. The zero-order chi connectivity index (χ0) is 25.6. The van der Waals surface area contributed by atoms with E-state index in [-0.39, 0.29) is 22.9 Å². The molecule has 3 fully saturated rings. The summed E-state index contributed by atoms with van der Waals surface area (Å²) < 4.78 is 6.55. The number of rotatable bonds is 5. The van der Waals surface area contributed by atoms with Crippen LogP contribution in [0.2, 0.25) is 0 Å². The molecule has 3 aliphatic heterocycles. The summed E-state index contributed by atoms with van der Waals surface area (Å²) in [5.74, 6) is -0.719. The first kappa shape index (κ1) is 26.4. The van der Waals surface area contributed by atoms with E-state index in [1.165, 1.54) is 12.7 Å². The molecule has 2 unspecified atom stereocenters. The van der Waals surface area contributed by atoms with Crippen LogP contribution in [0.15, 0.2) is 66.3 Å². The van der Waals surface area contributed by atoms with Gasteiger partial charge in [0.1, 0.15) is 19.2 Å². The van der Waals surface area contributed by atoms with Gasteiger partial charge in [-0.05, 0) is 24.0 Å². The number of nitrogens with zero attached hydrogens (tertiary/aromatic N) is 4. The Hall–Kier alpha value is -3.21. The Morgan fingerprint density at radius 1 is 1.11 bits per heavy atom. The number of primary amides is 1. The van der Waals surface area contributed by atoms with Crippen LogP contribution in [0.3, 0.4) is 0 Å². The van der Waals surface area contributed by atoms with Crippen LogP contribution in [0.4, 0.5) is 0 Å². The van der Waals surface area contributed by atoms with E-state index in [0.29, 0.717) is 41.1 Å². The molecule has 38 heavy (non-hydrogen) atoms. The van der Waals surface area contributed by atoms with Crippen LogP contribution < -0.4 is 22.7 Å². The number of amides is 1. The molecule has 1 amide bonds. The second-order valence-electron chi connectivity index (χ2n) is 10.4. The molecule has 1 aromatic heterocycles.